The SMILES string of the molecule is CCOc1ccc(-c2n[nH]c3c2C(c2cccc(OC)c2)N(c2ccc(OCC)cc2)C3=O)cc1. The van der Waals surface area contributed by atoms with Crippen molar-refractivity contribution < 1.29 is 19.0 Å². The van der Waals surface area contributed by atoms with Crippen molar-refractivity contribution in [1.82, 2.24) is 10.2 Å². The van der Waals surface area contributed by atoms with Gasteiger partial charge in [-0.1, -0.05) is 12.1 Å². The van der Waals surface area contributed by atoms with Crippen LogP contribution in [0.4, 0.5) is 5.69 Å². The normalized spacial score (nSPS) is 14.7. The molecule has 7 heteroatoms. The summed E-state index contributed by atoms with van der Waals surface area (Å²) < 4.78 is 16.7. The summed E-state index contributed by atoms with van der Waals surface area (Å²) >= 11 is 0. The van der Waals surface area contributed by atoms with Gasteiger partial charge in [0.2, 0.25) is 0 Å². The molecular weight excluding hydrogens is 442 g/mol. The first kappa shape index (κ1) is 22.5. The van der Waals surface area contributed by atoms with Gasteiger partial charge in [-0.3, -0.25) is 14.8 Å². The van der Waals surface area contributed by atoms with E-state index in [1.165, 1.54) is 0 Å². The number of ether oxygens (including phenoxy) is 3. The third kappa shape index (κ3) is 4.10. The van der Waals surface area contributed by atoms with Crippen molar-refractivity contribution in [3.8, 4) is 28.5 Å². The number of aromatic amines is 1. The molecule has 1 aliphatic rings. The molecule has 4 aromatic rings. The van der Waals surface area contributed by atoms with E-state index >= 15 is 0 Å². The number of nitrogens with zero attached hydrogens (tertiary/aromatic N) is 2. The lowest BCUT2D eigenvalue weighted by Gasteiger charge is -2.27. The van der Waals surface area contributed by atoms with Crippen LogP contribution in [-0.4, -0.2) is 36.4 Å². The van der Waals surface area contributed by atoms with Crippen LogP contribution in [0.5, 0.6) is 17.2 Å². The molecule has 3 aromatic carbocycles. The zero-order valence-electron chi connectivity index (χ0n) is 19.9. The van der Waals surface area contributed by atoms with E-state index in [1.807, 2.05) is 86.6 Å². The molecule has 0 aliphatic carbocycles. The van der Waals surface area contributed by atoms with E-state index in [1.54, 1.807) is 12.0 Å². The zero-order valence-corrected chi connectivity index (χ0v) is 19.9. The summed E-state index contributed by atoms with van der Waals surface area (Å²) in [6, 6.07) is 22.8. The Labute approximate surface area is 204 Å². The summed E-state index contributed by atoms with van der Waals surface area (Å²) in [5.41, 5.74) is 4.65. The molecule has 5 rings (SSSR count). The molecule has 0 radical (unpaired) electrons. The molecule has 1 atom stereocenters. The average molecular weight is 470 g/mol. The number of hydrogen-bond donors (Lipinski definition) is 1. The number of carbonyl (C=O) groups is 1. The molecule has 1 aromatic heterocycles. The fraction of sp³-hybridized carbons (Fsp3) is 0.214. The predicted octanol–water partition coefficient (Wildman–Crippen LogP) is 5.63. The first-order valence-electron chi connectivity index (χ1n) is 11.7. The Balaban J connectivity index is 1.63. The molecule has 1 aliphatic heterocycles. The molecule has 7 nitrogen and oxygen atoms in total. The van der Waals surface area contributed by atoms with Crippen molar-refractivity contribution in [2.24, 2.45) is 0 Å². The second-order valence-corrected chi connectivity index (χ2v) is 8.10. The minimum Gasteiger partial charge on any atom is -0.497 e. The third-order valence-electron chi connectivity index (χ3n) is 6.04. The van der Waals surface area contributed by atoms with Gasteiger partial charge in [0.1, 0.15) is 22.9 Å². The van der Waals surface area contributed by atoms with Gasteiger partial charge in [0, 0.05) is 16.8 Å². The van der Waals surface area contributed by atoms with Crippen molar-refractivity contribution in [3.05, 3.63) is 89.6 Å². The van der Waals surface area contributed by atoms with E-state index in [9.17, 15) is 4.79 Å². The minimum absolute atomic E-state index is 0.137. The molecule has 2 heterocycles. The Morgan fingerprint density at radius 3 is 2.17 bits per heavy atom. The van der Waals surface area contributed by atoms with E-state index < -0.39 is 0 Å². The second kappa shape index (κ2) is 9.54. The van der Waals surface area contributed by atoms with Crippen LogP contribution in [0.1, 0.15) is 41.5 Å². The van der Waals surface area contributed by atoms with Crippen molar-refractivity contribution in [2.45, 2.75) is 19.9 Å². The molecule has 178 valence electrons. The lowest BCUT2D eigenvalue weighted by atomic mass is 9.95. The van der Waals surface area contributed by atoms with Crippen LogP contribution in [-0.2, 0) is 0 Å². The number of H-pyrrole nitrogens is 1. The smallest absolute Gasteiger partial charge is 0.277 e. The van der Waals surface area contributed by atoms with Gasteiger partial charge in [0.25, 0.3) is 5.91 Å². The predicted molar refractivity (Wildman–Crippen MR) is 134 cm³/mol. The largest absolute Gasteiger partial charge is 0.497 e. The van der Waals surface area contributed by atoms with Crippen LogP contribution >= 0.6 is 0 Å². The second-order valence-electron chi connectivity index (χ2n) is 8.10. The molecule has 1 N–H and O–H groups in total. The van der Waals surface area contributed by atoms with Crippen LogP contribution in [0.3, 0.4) is 0 Å². The lowest BCUT2D eigenvalue weighted by Crippen LogP contribution is -2.29. The minimum atomic E-state index is -0.383. The summed E-state index contributed by atoms with van der Waals surface area (Å²) in [5, 5.41) is 7.56. The van der Waals surface area contributed by atoms with Gasteiger partial charge >= 0.3 is 0 Å². The Hall–Kier alpha value is -4.26. The van der Waals surface area contributed by atoms with Crippen LogP contribution in [0.15, 0.2) is 72.8 Å². The highest BCUT2D eigenvalue weighted by atomic mass is 16.5. The molecule has 0 fully saturated rings. The van der Waals surface area contributed by atoms with Crippen LogP contribution in [0.2, 0.25) is 0 Å². The molecule has 1 unspecified atom stereocenters. The number of anilines is 1. The Bertz CT molecular complexity index is 1330. The van der Waals surface area contributed by atoms with Crippen molar-refractivity contribution >= 4 is 11.6 Å². The Morgan fingerprint density at radius 2 is 1.54 bits per heavy atom. The van der Waals surface area contributed by atoms with E-state index in [4.69, 9.17) is 14.2 Å². The summed E-state index contributed by atoms with van der Waals surface area (Å²) in [4.78, 5) is 15.5. The molecule has 0 spiro atoms. The topological polar surface area (TPSA) is 76.7 Å². The maximum atomic E-state index is 13.7. The van der Waals surface area contributed by atoms with Gasteiger partial charge in [-0.05, 0) is 80.1 Å². The molecule has 0 saturated heterocycles. The lowest BCUT2D eigenvalue weighted by molar-refractivity contribution is 0.0988. The summed E-state index contributed by atoms with van der Waals surface area (Å²) in [6.45, 7) is 5.07. The monoisotopic (exact) mass is 469 g/mol. The number of aromatic nitrogens is 2. The summed E-state index contributed by atoms with van der Waals surface area (Å²) in [7, 11) is 1.64. The Kier molecular flexibility index (Phi) is 6.14. The third-order valence-corrected chi connectivity index (χ3v) is 6.04. The maximum Gasteiger partial charge on any atom is 0.277 e. The van der Waals surface area contributed by atoms with Gasteiger partial charge in [0.15, 0.2) is 0 Å². The van der Waals surface area contributed by atoms with Crippen LogP contribution < -0.4 is 19.1 Å². The van der Waals surface area contributed by atoms with Gasteiger partial charge in [-0.25, -0.2) is 0 Å². The number of amides is 1. The van der Waals surface area contributed by atoms with E-state index in [2.05, 4.69) is 10.2 Å². The number of fused-ring (bicyclic) bond motifs is 1. The van der Waals surface area contributed by atoms with Crippen molar-refractivity contribution in [3.63, 3.8) is 0 Å². The number of carbonyl (C=O) groups excluding carboxylic acids is 1. The van der Waals surface area contributed by atoms with E-state index in [0.717, 1.165) is 45.3 Å². The van der Waals surface area contributed by atoms with Crippen LogP contribution in [0.25, 0.3) is 11.3 Å². The average Bonchev–Trinajstić information content (AvgIpc) is 3.44. The highest BCUT2D eigenvalue weighted by Gasteiger charge is 2.43. The quantitative estimate of drug-likeness (QED) is 0.362. The number of rotatable bonds is 8. The molecular formula is C28H27N3O4. The Morgan fingerprint density at radius 1 is 0.886 bits per heavy atom. The van der Waals surface area contributed by atoms with E-state index in [0.29, 0.717) is 18.9 Å². The van der Waals surface area contributed by atoms with E-state index in [-0.39, 0.29) is 11.9 Å². The number of nitrogens with one attached hydrogen (secondary N) is 1. The van der Waals surface area contributed by atoms with Gasteiger partial charge < -0.3 is 14.2 Å². The van der Waals surface area contributed by atoms with Crippen molar-refractivity contribution in [1.29, 1.82) is 0 Å². The molecule has 0 bridgehead atoms. The number of methoxy groups -OCH3 is 1. The molecule has 1 amide bonds. The van der Waals surface area contributed by atoms with Crippen molar-refractivity contribution in [2.75, 3.05) is 25.2 Å². The number of hydrogen-bond acceptors (Lipinski definition) is 5. The van der Waals surface area contributed by atoms with Gasteiger partial charge in [-0.15, -0.1) is 0 Å². The highest BCUT2D eigenvalue weighted by Crippen LogP contribution is 2.45. The van der Waals surface area contributed by atoms with Gasteiger partial charge in [-0.2, -0.15) is 5.10 Å². The fourth-order valence-electron chi connectivity index (χ4n) is 4.51. The summed E-state index contributed by atoms with van der Waals surface area (Å²) in [6.07, 6.45) is 0. The molecule has 35 heavy (non-hydrogen) atoms. The number of benzene rings is 3. The first-order valence-corrected chi connectivity index (χ1v) is 11.7. The van der Waals surface area contributed by atoms with Crippen LogP contribution in [0, 0.1) is 0 Å². The summed E-state index contributed by atoms with van der Waals surface area (Å²) in [5.74, 6) is 2.14. The first-order chi connectivity index (χ1) is 17.1. The van der Waals surface area contributed by atoms with Gasteiger partial charge in [0.05, 0.1) is 32.1 Å². The fourth-order valence-corrected chi connectivity index (χ4v) is 4.51. The highest BCUT2D eigenvalue weighted by molar-refractivity contribution is 6.11. The standard InChI is InChI=1S/C28H27N3O4/c1-4-34-21-13-9-18(10-14-21)25-24-26(30-29-25)28(32)31(20-11-15-22(16-12-20)35-5-2)27(24)19-7-6-8-23(17-19)33-3/h6-17,27H,4-5H2,1-3H3,(H,29,30). The zero-order chi connectivity index (χ0) is 24.4. The maximum absolute atomic E-state index is 13.7. The molecule has 0 saturated carbocycles.